The van der Waals surface area contributed by atoms with Crippen LogP contribution < -0.4 is 0 Å². The second-order valence-corrected chi connectivity index (χ2v) is 4.20. The van der Waals surface area contributed by atoms with Crippen LogP contribution in [0.15, 0.2) is 5.28 Å². The molecule has 2 atom stereocenters. The van der Waals surface area contributed by atoms with E-state index < -0.39 is 5.56 Å². The van der Waals surface area contributed by atoms with Crippen molar-refractivity contribution in [2.75, 3.05) is 19.7 Å². The fourth-order valence-electron chi connectivity index (χ4n) is 1.50. The fourth-order valence-corrected chi connectivity index (χ4v) is 1.54. The molecule has 1 aliphatic heterocycles. The largest absolute Gasteiger partial charge is 0.569 e. The molecule has 0 radical (unpaired) electrons. The van der Waals surface area contributed by atoms with Gasteiger partial charge < -0.3 is 15.2 Å². The van der Waals surface area contributed by atoms with Crippen molar-refractivity contribution in [1.29, 1.82) is 0 Å². The molecule has 0 aromatic rings. The highest BCUT2D eigenvalue weighted by Crippen LogP contribution is 2.15. The Labute approximate surface area is 93.6 Å². The molecule has 0 aliphatic carbocycles. The van der Waals surface area contributed by atoms with Crippen LogP contribution in [0.3, 0.4) is 0 Å². The van der Waals surface area contributed by atoms with E-state index >= 15 is 0 Å². The van der Waals surface area contributed by atoms with Crippen LogP contribution in [0.25, 0.3) is 0 Å². The molecular formula is C8H16ClN3O3. The zero-order valence-electron chi connectivity index (χ0n) is 8.67. The molecule has 0 aromatic heterocycles. The average molecular weight is 238 g/mol. The van der Waals surface area contributed by atoms with Gasteiger partial charge in [-0.25, -0.2) is 0 Å². The Morgan fingerprint density at radius 3 is 3.13 bits per heavy atom. The van der Waals surface area contributed by atoms with Crippen LogP contribution in [-0.2, 0) is 4.84 Å². The Balaban J connectivity index is 2.44. The van der Waals surface area contributed by atoms with Crippen LogP contribution in [0.2, 0.25) is 0 Å². The SMILES string of the molecule is CC(Cl)O/N=[N+](\[O-])N1CCCC(CO)C1. The smallest absolute Gasteiger partial charge is 0.234 e. The molecule has 0 amide bonds. The number of hydrogen-bond donors (Lipinski definition) is 1. The number of aliphatic hydroxyl groups is 1. The van der Waals surface area contributed by atoms with E-state index in [2.05, 4.69) is 10.1 Å². The summed E-state index contributed by atoms with van der Waals surface area (Å²) in [7, 11) is 0. The van der Waals surface area contributed by atoms with Crippen molar-refractivity contribution >= 4 is 11.6 Å². The maximum absolute atomic E-state index is 11.4. The van der Waals surface area contributed by atoms with Crippen molar-refractivity contribution in [2.45, 2.75) is 25.3 Å². The first kappa shape index (κ1) is 12.3. The number of aliphatic hydroxyl groups excluding tert-OH is 1. The van der Waals surface area contributed by atoms with E-state index in [-0.39, 0.29) is 12.5 Å². The fraction of sp³-hybridized carbons (Fsp3) is 1.00. The Morgan fingerprint density at radius 1 is 1.80 bits per heavy atom. The van der Waals surface area contributed by atoms with Crippen molar-refractivity contribution < 1.29 is 14.9 Å². The maximum atomic E-state index is 11.4. The predicted molar refractivity (Wildman–Crippen MR) is 53.8 cm³/mol. The van der Waals surface area contributed by atoms with Crippen molar-refractivity contribution in [2.24, 2.45) is 11.2 Å². The number of hydrazine groups is 1. The molecule has 1 aliphatic rings. The number of halogens is 1. The van der Waals surface area contributed by atoms with Gasteiger partial charge >= 0.3 is 0 Å². The second kappa shape index (κ2) is 5.97. The molecule has 0 aromatic carbocycles. The molecular weight excluding hydrogens is 222 g/mol. The summed E-state index contributed by atoms with van der Waals surface area (Å²) in [5, 5.41) is 25.1. The molecule has 1 heterocycles. The summed E-state index contributed by atoms with van der Waals surface area (Å²) in [6, 6.07) is 0. The minimum atomic E-state index is -0.625. The van der Waals surface area contributed by atoms with Gasteiger partial charge in [-0.2, -0.15) is 0 Å². The third-order valence-electron chi connectivity index (χ3n) is 2.26. The van der Waals surface area contributed by atoms with Crippen molar-refractivity contribution in [3.05, 3.63) is 5.21 Å². The zero-order valence-corrected chi connectivity index (χ0v) is 9.43. The van der Waals surface area contributed by atoms with Gasteiger partial charge in [-0.05, 0) is 19.8 Å². The number of nitrogens with zero attached hydrogens (tertiary/aromatic N) is 3. The minimum Gasteiger partial charge on any atom is -0.569 e. The second-order valence-electron chi connectivity index (χ2n) is 3.59. The molecule has 1 N–H and O–H groups in total. The van der Waals surface area contributed by atoms with Gasteiger partial charge in [0.15, 0.2) is 0 Å². The molecule has 0 saturated carbocycles. The normalized spacial score (nSPS) is 25.1. The third kappa shape index (κ3) is 4.09. The summed E-state index contributed by atoms with van der Waals surface area (Å²) >= 11 is 5.48. The van der Waals surface area contributed by atoms with Crippen LogP contribution in [0.1, 0.15) is 19.8 Å². The van der Waals surface area contributed by atoms with Crippen LogP contribution >= 0.6 is 11.6 Å². The van der Waals surface area contributed by atoms with Crippen molar-refractivity contribution in [3.8, 4) is 0 Å². The van der Waals surface area contributed by atoms with E-state index in [0.29, 0.717) is 18.1 Å². The number of piperidine rings is 1. The van der Waals surface area contributed by atoms with Crippen molar-refractivity contribution in [1.82, 2.24) is 5.01 Å². The van der Waals surface area contributed by atoms with Crippen LogP contribution in [0, 0.1) is 11.1 Å². The van der Waals surface area contributed by atoms with Crippen molar-refractivity contribution in [3.63, 3.8) is 0 Å². The molecule has 1 saturated heterocycles. The lowest BCUT2D eigenvalue weighted by molar-refractivity contribution is -0.714. The predicted octanol–water partition coefficient (Wildman–Crippen LogP) is 1.08. The van der Waals surface area contributed by atoms with E-state index in [4.69, 9.17) is 16.7 Å². The van der Waals surface area contributed by atoms with E-state index in [1.807, 2.05) is 0 Å². The molecule has 2 unspecified atom stereocenters. The van der Waals surface area contributed by atoms with Crippen LogP contribution in [0.4, 0.5) is 0 Å². The van der Waals surface area contributed by atoms with E-state index in [0.717, 1.165) is 12.8 Å². The minimum absolute atomic E-state index is 0.0944. The highest BCUT2D eigenvalue weighted by atomic mass is 35.5. The van der Waals surface area contributed by atoms with Gasteiger partial charge in [-0.1, -0.05) is 11.6 Å². The van der Waals surface area contributed by atoms with Gasteiger partial charge in [0.05, 0.1) is 18.1 Å². The number of alkyl halides is 1. The van der Waals surface area contributed by atoms with Gasteiger partial charge in [0.1, 0.15) is 0 Å². The summed E-state index contributed by atoms with van der Waals surface area (Å²) in [4.78, 5) is 5.03. The zero-order chi connectivity index (χ0) is 11.3. The van der Waals surface area contributed by atoms with Gasteiger partial charge in [0.2, 0.25) is 10.8 Å². The lowest BCUT2D eigenvalue weighted by Crippen LogP contribution is -2.41. The van der Waals surface area contributed by atoms with E-state index in [9.17, 15) is 5.21 Å². The first-order valence-electron chi connectivity index (χ1n) is 4.97. The quantitative estimate of drug-likeness (QED) is 0.344. The lowest BCUT2D eigenvalue weighted by Gasteiger charge is -2.27. The van der Waals surface area contributed by atoms with Gasteiger partial charge in [0.25, 0.3) is 0 Å². The standard InChI is InChI=1S/C8H16ClN3O3/c1-7(9)15-10-12(14)11-4-2-3-8(5-11)6-13/h7-8,13H,2-6H2,1H3/b12-10-. The highest BCUT2D eigenvalue weighted by Gasteiger charge is 2.24. The first-order valence-corrected chi connectivity index (χ1v) is 5.41. The molecule has 1 fully saturated rings. The van der Waals surface area contributed by atoms with E-state index in [1.54, 1.807) is 6.92 Å². The molecule has 0 spiro atoms. The monoisotopic (exact) mass is 237 g/mol. The summed E-state index contributed by atoms with van der Waals surface area (Å²) < 4.78 is 0. The molecule has 0 bridgehead atoms. The molecule has 15 heavy (non-hydrogen) atoms. The molecule has 7 heteroatoms. The summed E-state index contributed by atoms with van der Waals surface area (Å²) in [5.74, 6) is 0.138. The van der Waals surface area contributed by atoms with Gasteiger partial charge in [-0.15, -0.1) is 5.01 Å². The Bertz CT molecular complexity index is 225. The Kier molecular flexibility index (Phi) is 4.90. The van der Waals surface area contributed by atoms with E-state index in [1.165, 1.54) is 5.01 Å². The number of rotatable bonds is 4. The third-order valence-corrected chi connectivity index (χ3v) is 2.34. The maximum Gasteiger partial charge on any atom is 0.234 e. The number of hydrogen-bond acceptors (Lipinski definition) is 4. The average Bonchev–Trinajstić information content (AvgIpc) is 2.26. The summed E-state index contributed by atoms with van der Waals surface area (Å²) in [6.07, 6.45) is 1.81. The first-order chi connectivity index (χ1) is 7.13. The Hall–Kier alpha value is -0.750. The van der Waals surface area contributed by atoms with Crippen LogP contribution in [0.5, 0.6) is 0 Å². The molecule has 88 valence electrons. The Morgan fingerprint density at radius 2 is 2.53 bits per heavy atom. The molecule has 6 nitrogen and oxygen atoms in total. The van der Waals surface area contributed by atoms with Crippen LogP contribution in [-0.4, -0.2) is 40.3 Å². The lowest BCUT2D eigenvalue weighted by atomic mass is 10.0. The van der Waals surface area contributed by atoms with Gasteiger partial charge in [-0.3, -0.25) is 0 Å². The summed E-state index contributed by atoms with van der Waals surface area (Å²) in [6.45, 7) is 2.80. The van der Waals surface area contributed by atoms with Gasteiger partial charge in [0, 0.05) is 12.5 Å². The highest BCUT2D eigenvalue weighted by molar-refractivity contribution is 6.19. The molecule has 1 rings (SSSR count). The topological polar surface area (TPSA) is 71.1 Å². The summed E-state index contributed by atoms with van der Waals surface area (Å²) in [5.41, 5.74) is -0.625.